The van der Waals surface area contributed by atoms with Crippen LogP contribution < -0.4 is 10.1 Å². The predicted octanol–water partition coefficient (Wildman–Crippen LogP) is 6.49. The number of benzene rings is 3. The van der Waals surface area contributed by atoms with Gasteiger partial charge in [-0.15, -0.1) is 10.2 Å². The molecule has 0 atom stereocenters. The number of hydrogen-bond acceptors (Lipinski definition) is 5. The van der Waals surface area contributed by atoms with Gasteiger partial charge in [-0.1, -0.05) is 59.2 Å². The molecule has 8 heteroatoms. The maximum absolute atomic E-state index is 6.28. The van der Waals surface area contributed by atoms with E-state index in [1.165, 1.54) is 0 Å². The molecular weight excluding hydrogens is 451 g/mol. The van der Waals surface area contributed by atoms with E-state index >= 15 is 0 Å². The van der Waals surface area contributed by atoms with Crippen LogP contribution in [0.1, 0.15) is 11.4 Å². The number of methoxy groups -OCH3 is 1. The summed E-state index contributed by atoms with van der Waals surface area (Å²) in [5, 5.41) is 14.4. The van der Waals surface area contributed by atoms with Crippen LogP contribution in [-0.2, 0) is 12.3 Å². The lowest BCUT2D eigenvalue weighted by atomic mass is 10.2. The average Bonchev–Trinajstić information content (AvgIpc) is 3.21. The molecule has 1 aromatic heterocycles. The summed E-state index contributed by atoms with van der Waals surface area (Å²) in [5.74, 6) is 2.33. The quantitative estimate of drug-likeness (QED) is 0.298. The van der Waals surface area contributed by atoms with Gasteiger partial charge in [-0.25, -0.2) is 0 Å². The maximum atomic E-state index is 6.28. The lowest BCUT2D eigenvalue weighted by Crippen LogP contribution is -2.08. The third-order valence-corrected chi connectivity index (χ3v) is 6.20. The fourth-order valence-electron chi connectivity index (χ4n) is 3.01. The number of hydrogen-bond donors (Lipinski definition) is 1. The summed E-state index contributed by atoms with van der Waals surface area (Å²) < 4.78 is 7.34. The molecule has 31 heavy (non-hydrogen) atoms. The third-order valence-electron chi connectivity index (χ3n) is 4.62. The zero-order valence-corrected chi connectivity index (χ0v) is 19.1. The Balaban J connectivity index is 1.60. The lowest BCUT2D eigenvalue weighted by Gasteiger charge is -2.12. The summed E-state index contributed by atoms with van der Waals surface area (Å²) in [7, 11) is 1.65. The number of nitrogens with zero attached hydrogens (tertiary/aromatic N) is 3. The third kappa shape index (κ3) is 5.34. The van der Waals surface area contributed by atoms with E-state index in [0.717, 1.165) is 44.4 Å². The highest BCUT2D eigenvalue weighted by molar-refractivity contribution is 7.98. The Kier molecular flexibility index (Phi) is 7.02. The molecule has 1 N–H and O–H groups in total. The molecule has 0 saturated carbocycles. The van der Waals surface area contributed by atoms with Crippen molar-refractivity contribution in [3.63, 3.8) is 0 Å². The van der Waals surface area contributed by atoms with Crippen LogP contribution in [0, 0.1) is 0 Å². The number of para-hydroxylation sites is 1. The smallest absolute Gasteiger partial charge is 0.196 e. The zero-order chi connectivity index (χ0) is 21.6. The van der Waals surface area contributed by atoms with E-state index in [2.05, 4.69) is 15.5 Å². The van der Waals surface area contributed by atoms with Crippen LogP contribution in [0.3, 0.4) is 0 Å². The van der Waals surface area contributed by atoms with E-state index in [1.807, 2.05) is 77.4 Å². The Morgan fingerprint density at radius 3 is 2.39 bits per heavy atom. The average molecular weight is 471 g/mol. The van der Waals surface area contributed by atoms with Gasteiger partial charge in [0.05, 0.1) is 24.4 Å². The van der Waals surface area contributed by atoms with Gasteiger partial charge in [0.2, 0.25) is 0 Å². The van der Waals surface area contributed by atoms with Crippen molar-refractivity contribution in [2.24, 2.45) is 0 Å². The van der Waals surface area contributed by atoms with Crippen molar-refractivity contribution in [2.75, 3.05) is 12.4 Å². The molecule has 3 aromatic carbocycles. The molecule has 158 valence electrons. The number of halogens is 2. The molecule has 4 aromatic rings. The maximum Gasteiger partial charge on any atom is 0.196 e. The van der Waals surface area contributed by atoms with Gasteiger partial charge < -0.3 is 10.1 Å². The number of thioether (sulfide) groups is 1. The van der Waals surface area contributed by atoms with E-state index in [1.54, 1.807) is 18.9 Å². The second-order valence-corrected chi connectivity index (χ2v) is 8.47. The Hall–Kier alpha value is -2.67. The van der Waals surface area contributed by atoms with E-state index in [-0.39, 0.29) is 0 Å². The van der Waals surface area contributed by atoms with Gasteiger partial charge in [-0.2, -0.15) is 0 Å². The second-order valence-electron chi connectivity index (χ2n) is 6.68. The van der Waals surface area contributed by atoms with E-state index in [9.17, 15) is 0 Å². The molecule has 0 bridgehead atoms. The first-order valence-corrected chi connectivity index (χ1v) is 11.3. The molecule has 0 unspecified atom stereocenters. The molecule has 0 fully saturated rings. The fourth-order valence-corrected chi connectivity index (χ4v) is 4.26. The van der Waals surface area contributed by atoms with Crippen molar-refractivity contribution >= 4 is 40.7 Å². The molecule has 0 spiro atoms. The summed E-state index contributed by atoms with van der Waals surface area (Å²) in [4.78, 5) is 0. The van der Waals surface area contributed by atoms with Crippen LogP contribution in [0.15, 0.2) is 78.0 Å². The summed E-state index contributed by atoms with van der Waals surface area (Å²) in [6.45, 7) is 0.476. The van der Waals surface area contributed by atoms with Crippen molar-refractivity contribution < 1.29 is 4.74 Å². The Labute approximate surface area is 195 Å². The van der Waals surface area contributed by atoms with Gasteiger partial charge in [-0.05, 0) is 54.1 Å². The van der Waals surface area contributed by atoms with Gasteiger partial charge in [0, 0.05) is 16.5 Å². The normalized spacial score (nSPS) is 10.8. The number of ether oxygens (including phenoxy) is 1. The highest BCUT2D eigenvalue weighted by Gasteiger charge is 2.15. The summed E-state index contributed by atoms with van der Waals surface area (Å²) in [6, 6.07) is 23.3. The Morgan fingerprint density at radius 2 is 1.68 bits per heavy atom. The first-order chi connectivity index (χ1) is 15.1. The minimum atomic E-state index is 0.476. The van der Waals surface area contributed by atoms with Crippen LogP contribution in [0.4, 0.5) is 5.69 Å². The Bertz CT molecular complexity index is 1150. The van der Waals surface area contributed by atoms with Gasteiger partial charge in [0.1, 0.15) is 5.75 Å². The SMILES string of the molecule is COc1ccc(-n2c(CNc3ccccc3Cl)nnc2SCc2ccc(Cl)cc2)cc1. The molecule has 1 heterocycles. The summed E-state index contributed by atoms with van der Waals surface area (Å²) >= 11 is 13.9. The van der Waals surface area contributed by atoms with Crippen molar-refractivity contribution in [1.29, 1.82) is 0 Å². The standard InChI is InChI=1S/C23H20Cl2N4OS/c1-30-19-12-10-18(11-13-19)29-22(14-26-21-5-3-2-4-20(21)25)27-28-23(29)31-15-16-6-8-17(24)9-7-16/h2-13,26H,14-15H2,1H3. The van der Waals surface area contributed by atoms with Crippen LogP contribution in [0.2, 0.25) is 10.0 Å². The Morgan fingerprint density at radius 1 is 0.935 bits per heavy atom. The number of nitrogens with one attached hydrogen (secondary N) is 1. The first kappa shape index (κ1) is 21.6. The summed E-state index contributed by atoms with van der Waals surface area (Å²) in [5.41, 5.74) is 2.97. The highest BCUT2D eigenvalue weighted by atomic mass is 35.5. The molecule has 0 radical (unpaired) electrons. The van der Waals surface area contributed by atoms with Crippen molar-refractivity contribution in [3.8, 4) is 11.4 Å². The number of anilines is 1. The van der Waals surface area contributed by atoms with E-state index in [0.29, 0.717) is 11.6 Å². The molecule has 0 aliphatic heterocycles. The molecule has 4 rings (SSSR count). The minimum absolute atomic E-state index is 0.476. The fraction of sp³-hybridized carbons (Fsp3) is 0.130. The predicted molar refractivity (Wildman–Crippen MR) is 128 cm³/mol. The van der Waals surface area contributed by atoms with E-state index in [4.69, 9.17) is 27.9 Å². The molecule has 0 saturated heterocycles. The molecular formula is C23H20Cl2N4OS. The lowest BCUT2D eigenvalue weighted by molar-refractivity contribution is 0.414. The minimum Gasteiger partial charge on any atom is -0.497 e. The zero-order valence-electron chi connectivity index (χ0n) is 16.8. The topological polar surface area (TPSA) is 52.0 Å². The number of aromatic nitrogens is 3. The van der Waals surface area contributed by atoms with Crippen molar-refractivity contribution in [2.45, 2.75) is 17.5 Å². The first-order valence-electron chi connectivity index (χ1n) is 9.58. The van der Waals surface area contributed by atoms with Gasteiger partial charge in [-0.3, -0.25) is 4.57 Å². The molecule has 0 aliphatic carbocycles. The second kappa shape index (κ2) is 10.1. The molecule has 0 aliphatic rings. The largest absolute Gasteiger partial charge is 0.497 e. The number of rotatable bonds is 8. The highest BCUT2D eigenvalue weighted by Crippen LogP contribution is 2.28. The molecule has 0 amide bonds. The van der Waals surface area contributed by atoms with Crippen molar-refractivity contribution in [1.82, 2.24) is 14.8 Å². The van der Waals surface area contributed by atoms with Crippen LogP contribution in [0.25, 0.3) is 5.69 Å². The van der Waals surface area contributed by atoms with Gasteiger partial charge >= 0.3 is 0 Å². The van der Waals surface area contributed by atoms with Gasteiger partial charge in [0.25, 0.3) is 0 Å². The monoisotopic (exact) mass is 470 g/mol. The van der Waals surface area contributed by atoms with Crippen molar-refractivity contribution in [3.05, 3.63) is 94.2 Å². The van der Waals surface area contributed by atoms with Crippen LogP contribution >= 0.6 is 35.0 Å². The van der Waals surface area contributed by atoms with Gasteiger partial charge in [0.15, 0.2) is 11.0 Å². The van der Waals surface area contributed by atoms with E-state index < -0.39 is 0 Å². The summed E-state index contributed by atoms with van der Waals surface area (Å²) in [6.07, 6.45) is 0. The van der Waals surface area contributed by atoms with Crippen LogP contribution in [-0.4, -0.2) is 21.9 Å². The van der Waals surface area contributed by atoms with Crippen LogP contribution in [0.5, 0.6) is 5.75 Å². The molecule has 5 nitrogen and oxygen atoms in total.